The van der Waals surface area contributed by atoms with E-state index in [0.717, 1.165) is 34.0 Å². The summed E-state index contributed by atoms with van der Waals surface area (Å²) in [6.45, 7) is 6.20. The van der Waals surface area contributed by atoms with Crippen LogP contribution in [0.2, 0.25) is 0 Å². The van der Waals surface area contributed by atoms with Gasteiger partial charge in [0.05, 0.1) is 4.91 Å². The summed E-state index contributed by atoms with van der Waals surface area (Å²) in [7, 11) is 0. The highest BCUT2D eigenvalue weighted by atomic mass is 32.2. The van der Waals surface area contributed by atoms with Crippen molar-refractivity contribution in [2.75, 3.05) is 13.1 Å². The third kappa shape index (κ3) is 4.51. The van der Waals surface area contributed by atoms with Gasteiger partial charge in [0.15, 0.2) is 0 Å². The third-order valence-corrected chi connectivity index (χ3v) is 5.40. The molecular formula is C22H22N2O3S. The van der Waals surface area contributed by atoms with Crippen LogP contribution in [0.4, 0.5) is 4.79 Å². The molecule has 1 saturated heterocycles. The number of aryl methyl sites for hydroxylation is 3. The van der Waals surface area contributed by atoms with Crippen molar-refractivity contribution in [3.05, 3.63) is 75.2 Å². The standard InChI is InChI=1S/C22H22N2O3S/c1-14-4-7-17(8-5-14)13-19-21(26)24(22(27)28-19)11-10-23-20(25)18-9-6-15(2)12-16(18)3/h4-9,12-13H,10-11H2,1-3H3,(H,23,25)/b19-13-. The van der Waals surface area contributed by atoms with Crippen molar-refractivity contribution in [1.82, 2.24) is 10.2 Å². The number of carbonyl (C=O) groups is 3. The zero-order chi connectivity index (χ0) is 20.3. The number of nitrogens with zero attached hydrogens (tertiary/aromatic N) is 1. The van der Waals surface area contributed by atoms with Crippen molar-refractivity contribution in [2.45, 2.75) is 20.8 Å². The Hall–Kier alpha value is -2.86. The lowest BCUT2D eigenvalue weighted by molar-refractivity contribution is -0.122. The maximum atomic E-state index is 12.5. The average molecular weight is 394 g/mol. The van der Waals surface area contributed by atoms with Gasteiger partial charge in [-0.15, -0.1) is 0 Å². The topological polar surface area (TPSA) is 66.5 Å². The zero-order valence-corrected chi connectivity index (χ0v) is 16.9. The van der Waals surface area contributed by atoms with Gasteiger partial charge in [-0.3, -0.25) is 19.3 Å². The summed E-state index contributed by atoms with van der Waals surface area (Å²) in [5.74, 6) is -0.531. The normalized spacial score (nSPS) is 15.4. The van der Waals surface area contributed by atoms with E-state index >= 15 is 0 Å². The molecule has 0 unspecified atom stereocenters. The molecule has 1 aliphatic rings. The van der Waals surface area contributed by atoms with E-state index in [1.54, 1.807) is 12.1 Å². The first kappa shape index (κ1) is 19.9. The molecule has 1 fully saturated rings. The molecule has 3 rings (SSSR count). The van der Waals surface area contributed by atoms with Crippen LogP contribution >= 0.6 is 11.8 Å². The quantitative estimate of drug-likeness (QED) is 0.776. The Balaban J connectivity index is 1.60. The van der Waals surface area contributed by atoms with Crippen molar-refractivity contribution in [3.63, 3.8) is 0 Å². The molecule has 1 aliphatic heterocycles. The lowest BCUT2D eigenvalue weighted by Gasteiger charge is -2.13. The molecule has 0 radical (unpaired) electrons. The second kappa shape index (κ2) is 8.44. The van der Waals surface area contributed by atoms with Gasteiger partial charge >= 0.3 is 0 Å². The number of rotatable bonds is 5. The highest BCUT2D eigenvalue weighted by Gasteiger charge is 2.34. The Bertz CT molecular complexity index is 964. The fourth-order valence-corrected chi connectivity index (χ4v) is 3.82. The number of nitrogens with one attached hydrogen (secondary N) is 1. The Kier molecular flexibility index (Phi) is 5.99. The molecule has 28 heavy (non-hydrogen) atoms. The number of hydrogen-bond donors (Lipinski definition) is 1. The van der Waals surface area contributed by atoms with E-state index in [1.807, 2.05) is 57.2 Å². The minimum absolute atomic E-state index is 0.145. The first-order valence-corrected chi connectivity index (χ1v) is 9.84. The van der Waals surface area contributed by atoms with Crippen molar-refractivity contribution in [1.29, 1.82) is 0 Å². The Labute approximate surface area is 168 Å². The zero-order valence-electron chi connectivity index (χ0n) is 16.1. The highest BCUT2D eigenvalue weighted by Crippen LogP contribution is 2.31. The molecule has 144 valence electrons. The largest absolute Gasteiger partial charge is 0.350 e. The Morgan fingerprint density at radius 1 is 1.04 bits per heavy atom. The molecule has 6 heteroatoms. The molecule has 0 aliphatic carbocycles. The van der Waals surface area contributed by atoms with E-state index in [4.69, 9.17) is 0 Å². The SMILES string of the molecule is Cc1ccc(/C=C2\SC(=O)N(CCNC(=O)c3ccc(C)cc3C)C2=O)cc1. The second-order valence-corrected chi connectivity index (χ2v) is 7.81. The third-order valence-electron chi connectivity index (χ3n) is 4.50. The van der Waals surface area contributed by atoms with Gasteiger partial charge in [-0.05, 0) is 55.8 Å². The van der Waals surface area contributed by atoms with Crippen LogP contribution in [-0.2, 0) is 4.79 Å². The van der Waals surface area contributed by atoms with Gasteiger partial charge in [-0.2, -0.15) is 0 Å². The van der Waals surface area contributed by atoms with Crippen LogP contribution in [0.5, 0.6) is 0 Å². The van der Waals surface area contributed by atoms with E-state index in [1.165, 1.54) is 4.90 Å². The summed E-state index contributed by atoms with van der Waals surface area (Å²) in [6.07, 6.45) is 1.72. The predicted octanol–water partition coefficient (Wildman–Crippen LogP) is 4.08. The molecule has 0 aromatic heterocycles. The number of carbonyl (C=O) groups excluding carboxylic acids is 3. The Morgan fingerprint density at radius 3 is 2.39 bits per heavy atom. The van der Waals surface area contributed by atoms with E-state index in [9.17, 15) is 14.4 Å². The summed E-state index contributed by atoms with van der Waals surface area (Å²) in [5, 5.41) is 2.47. The highest BCUT2D eigenvalue weighted by molar-refractivity contribution is 8.18. The van der Waals surface area contributed by atoms with Gasteiger partial charge in [0.1, 0.15) is 0 Å². The molecule has 1 N–H and O–H groups in total. The van der Waals surface area contributed by atoms with Gasteiger partial charge < -0.3 is 5.32 Å². The summed E-state index contributed by atoms with van der Waals surface area (Å²) in [6, 6.07) is 13.3. The van der Waals surface area contributed by atoms with Crippen LogP contribution in [0.15, 0.2) is 47.4 Å². The van der Waals surface area contributed by atoms with Crippen molar-refractivity contribution < 1.29 is 14.4 Å². The van der Waals surface area contributed by atoms with Crippen molar-refractivity contribution in [2.24, 2.45) is 0 Å². The van der Waals surface area contributed by atoms with E-state index in [2.05, 4.69) is 5.32 Å². The lowest BCUT2D eigenvalue weighted by Crippen LogP contribution is -2.37. The van der Waals surface area contributed by atoms with E-state index in [-0.39, 0.29) is 30.1 Å². The molecule has 2 aromatic rings. The average Bonchev–Trinajstić information content (AvgIpc) is 2.91. The van der Waals surface area contributed by atoms with E-state index in [0.29, 0.717) is 10.5 Å². The first-order valence-electron chi connectivity index (χ1n) is 9.02. The molecule has 0 spiro atoms. The van der Waals surface area contributed by atoms with Crippen LogP contribution in [0.25, 0.3) is 6.08 Å². The number of benzene rings is 2. The molecule has 1 heterocycles. The molecular weight excluding hydrogens is 372 g/mol. The van der Waals surface area contributed by atoms with Gasteiger partial charge in [-0.25, -0.2) is 0 Å². The van der Waals surface area contributed by atoms with Crippen LogP contribution in [0.3, 0.4) is 0 Å². The molecule has 0 bridgehead atoms. The van der Waals surface area contributed by atoms with Gasteiger partial charge in [0, 0.05) is 18.7 Å². The number of thioether (sulfide) groups is 1. The van der Waals surface area contributed by atoms with Gasteiger partial charge in [0.2, 0.25) is 0 Å². The second-order valence-electron chi connectivity index (χ2n) is 6.82. The fourth-order valence-electron chi connectivity index (χ4n) is 2.95. The van der Waals surface area contributed by atoms with Gasteiger partial charge in [-0.1, -0.05) is 47.5 Å². The molecule has 5 nitrogen and oxygen atoms in total. The van der Waals surface area contributed by atoms with Crippen LogP contribution in [0.1, 0.15) is 32.6 Å². The Morgan fingerprint density at radius 2 is 1.71 bits per heavy atom. The molecule has 0 saturated carbocycles. The summed E-state index contributed by atoms with van der Waals surface area (Å²) < 4.78 is 0. The number of amides is 3. The predicted molar refractivity (Wildman–Crippen MR) is 112 cm³/mol. The van der Waals surface area contributed by atoms with Crippen molar-refractivity contribution in [3.8, 4) is 0 Å². The maximum Gasteiger partial charge on any atom is 0.293 e. The summed E-state index contributed by atoms with van der Waals surface area (Å²) in [4.78, 5) is 38.6. The monoisotopic (exact) mass is 394 g/mol. The van der Waals surface area contributed by atoms with Crippen LogP contribution in [0, 0.1) is 20.8 Å². The maximum absolute atomic E-state index is 12.5. The fraction of sp³-hybridized carbons (Fsp3) is 0.227. The number of hydrogen-bond acceptors (Lipinski definition) is 4. The molecule has 0 atom stereocenters. The minimum atomic E-state index is -0.323. The first-order chi connectivity index (χ1) is 13.3. The van der Waals surface area contributed by atoms with Crippen molar-refractivity contribution >= 4 is 34.9 Å². The summed E-state index contributed by atoms with van der Waals surface area (Å²) in [5.41, 5.74) is 4.58. The summed E-state index contributed by atoms with van der Waals surface area (Å²) >= 11 is 0.926. The smallest absolute Gasteiger partial charge is 0.293 e. The molecule has 3 amide bonds. The van der Waals surface area contributed by atoms with Crippen LogP contribution < -0.4 is 5.32 Å². The lowest BCUT2D eigenvalue weighted by atomic mass is 10.1. The van der Waals surface area contributed by atoms with Gasteiger partial charge in [0.25, 0.3) is 17.1 Å². The number of imide groups is 1. The molecule has 2 aromatic carbocycles. The van der Waals surface area contributed by atoms with Crippen LogP contribution in [-0.4, -0.2) is 35.0 Å². The van der Waals surface area contributed by atoms with E-state index < -0.39 is 0 Å². The minimum Gasteiger partial charge on any atom is -0.350 e.